The summed E-state index contributed by atoms with van der Waals surface area (Å²) in [6, 6.07) is 9.25. The summed E-state index contributed by atoms with van der Waals surface area (Å²) in [4.78, 5) is 23.8. The summed E-state index contributed by atoms with van der Waals surface area (Å²) in [7, 11) is 1.61. The molecule has 3 heterocycles. The van der Waals surface area contributed by atoms with E-state index in [9.17, 15) is 4.79 Å². The third kappa shape index (κ3) is 3.21. The Bertz CT molecular complexity index is 937. The van der Waals surface area contributed by atoms with Crippen molar-refractivity contribution in [2.75, 3.05) is 43.6 Å². The second kappa shape index (κ2) is 7.27. The third-order valence-electron chi connectivity index (χ3n) is 4.16. The molecule has 26 heavy (non-hydrogen) atoms. The Kier molecular flexibility index (Phi) is 4.68. The molecule has 1 saturated heterocycles. The zero-order chi connectivity index (χ0) is 17.9. The molecule has 0 unspecified atom stereocenters. The topological polar surface area (TPSA) is 76.6 Å². The fraction of sp³-hybridized carbons (Fsp3) is 0.278. The van der Waals surface area contributed by atoms with Gasteiger partial charge in [0, 0.05) is 19.3 Å². The third-order valence-corrected chi connectivity index (χ3v) is 5.10. The molecule has 1 fully saturated rings. The summed E-state index contributed by atoms with van der Waals surface area (Å²) in [6.07, 6.45) is 1.70. The first-order valence-electron chi connectivity index (χ1n) is 8.29. The standard InChI is InChI=1S/C18H18N4O3S/c1-24-13-5-2-6-14-15(13)20-18(26-14)21-17(23)12-4-3-7-19-16(12)22-8-10-25-11-9-22/h2-7H,8-11H2,1H3,(H,20,21,23). The van der Waals surface area contributed by atoms with Gasteiger partial charge in [0.05, 0.1) is 30.6 Å². The van der Waals surface area contributed by atoms with Gasteiger partial charge in [-0.1, -0.05) is 17.4 Å². The largest absolute Gasteiger partial charge is 0.494 e. The van der Waals surface area contributed by atoms with Crippen molar-refractivity contribution in [2.45, 2.75) is 0 Å². The summed E-state index contributed by atoms with van der Waals surface area (Å²) in [6.45, 7) is 2.70. The first kappa shape index (κ1) is 16.7. The van der Waals surface area contributed by atoms with Crippen LogP contribution in [0.5, 0.6) is 5.75 Å². The van der Waals surface area contributed by atoms with Crippen LogP contribution in [0.15, 0.2) is 36.5 Å². The molecule has 1 N–H and O–H groups in total. The first-order chi connectivity index (χ1) is 12.8. The molecular weight excluding hydrogens is 352 g/mol. The van der Waals surface area contributed by atoms with Gasteiger partial charge in [0.15, 0.2) is 5.13 Å². The van der Waals surface area contributed by atoms with Crippen molar-refractivity contribution in [1.82, 2.24) is 9.97 Å². The maximum absolute atomic E-state index is 12.8. The van der Waals surface area contributed by atoms with Crippen molar-refractivity contribution in [1.29, 1.82) is 0 Å². The number of carbonyl (C=O) groups excluding carboxylic acids is 1. The van der Waals surface area contributed by atoms with Crippen molar-refractivity contribution in [3.8, 4) is 5.75 Å². The van der Waals surface area contributed by atoms with Crippen LogP contribution >= 0.6 is 11.3 Å². The van der Waals surface area contributed by atoms with Crippen LogP contribution in [0.4, 0.5) is 10.9 Å². The normalized spacial score (nSPS) is 14.4. The number of pyridine rings is 1. The molecule has 0 atom stereocenters. The van der Waals surface area contributed by atoms with Crippen molar-refractivity contribution >= 4 is 38.4 Å². The lowest BCUT2D eigenvalue weighted by molar-refractivity contribution is 0.102. The van der Waals surface area contributed by atoms with Gasteiger partial charge in [0.1, 0.15) is 17.1 Å². The number of rotatable bonds is 4. The summed E-state index contributed by atoms with van der Waals surface area (Å²) < 4.78 is 11.7. The van der Waals surface area contributed by atoms with E-state index in [0.29, 0.717) is 35.5 Å². The summed E-state index contributed by atoms with van der Waals surface area (Å²) >= 11 is 1.41. The first-order valence-corrected chi connectivity index (χ1v) is 9.10. The molecule has 0 spiro atoms. The Morgan fingerprint density at radius 3 is 2.92 bits per heavy atom. The van der Waals surface area contributed by atoms with Gasteiger partial charge in [-0.25, -0.2) is 9.97 Å². The molecule has 4 rings (SSSR count). The second-order valence-electron chi connectivity index (χ2n) is 5.75. The highest BCUT2D eigenvalue weighted by Crippen LogP contribution is 2.32. The monoisotopic (exact) mass is 370 g/mol. The highest BCUT2D eigenvalue weighted by atomic mass is 32.1. The second-order valence-corrected chi connectivity index (χ2v) is 6.78. The van der Waals surface area contributed by atoms with Crippen LogP contribution in [0.1, 0.15) is 10.4 Å². The van der Waals surface area contributed by atoms with Gasteiger partial charge in [-0.15, -0.1) is 0 Å². The molecule has 1 aromatic carbocycles. The molecule has 0 aliphatic carbocycles. The number of benzene rings is 1. The fourth-order valence-corrected chi connectivity index (χ4v) is 3.79. The number of anilines is 2. The minimum absolute atomic E-state index is 0.224. The lowest BCUT2D eigenvalue weighted by Gasteiger charge is -2.29. The average molecular weight is 370 g/mol. The van der Waals surface area contributed by atoms with E-state index < -0.39 is 0 Å². The molecule has 1 aliphatic rings. The fourth-order valence-electron chi connectivity index (χ4n) is 2.91. The Morgan fingerprint density at radius 1 is 1.27 bits per heavy atom. The number of fused-ring (bicyclic) bond motifs is 1. The number of para-hydroxylation sites is 1. The molecule has 0 bridgehead atoms. The van der Waals surface area contributed by atoms with Gasteiger partial charge in [-0.3, -0.25) is 10.1 Å². The van der Waals surface area contributed by atoms with Gasteiger partial charge in [0.2, 0.25) is 0 Å². The van der Waals surface area contributed by atoms with E-state index in [1.54, 1.807) is 25.4 Å². The van der Waals surface area contributed by atoms with Gasteiger partial charge in [0.25, 0.3) is 5.91 Å². The van der Waals surface area contributed by atoms with Crippen LogP contribution in [0.25, 0.3) is 10.2 Å². The molecule has 2 aromatic heterocycles. The Labute approximate surface area is 154 Å². The van der Waals surface area contributed by atoms with Crippen molar-refractivity contribution in [3.05, 3.63) is 42.1 Å². The van der Waals surface area contributed by atoms with E-state index in [0.717, 1.165) is 23.3 Å². The van der Waals surface area contributed by atoms with Gasteiger partial charge in [-0.2, -0.15) is 0 Å². The van der Waals surface area contributed by atoms with Crippen molar-refractivity contribution in [3.63, 3.8) is 0 Å². The van der Waals surface area contributed by atoms with E-state index >= 15 is 0 Å². The number of morpholine rings is 1. The number of thiazole rings is 1. The minimum Gasteiger partial charge on any atom is -0.494 e. The number of amides is 1. The Hall–Kier alpha value is -2.71. The molecule has 8 heteroatoms. The smallest absolute Gasteiger partial charge is 0.261 e. The lowest BCUT2D eigenvalue weighted by Crippen LogP contribution is -2.38. The molecule has 3 aromatic rings. The number of ether oxygens (including phenoxy) is 2. The van der Waals surface area contributed by atoms with Crippen LogP contribution in [0.3, 0.4) is 0 Å². The molecule has 134 valence electrons. The van der Waals surface area contributed by atoms with E-state index in [2.05, 4.69) is 20.2 Å². The summed E-state index contributed by atoms with van der Waals surface area (Å²) in [5, 5.41) is 3.43. The molecule has 0 radical (unpaired) electrons. The maximum atomic E-state index is 12.8. The zero-order valence-electron chi connectivity index (χ0n) is 14.3. The average Bonchev–Trinajstić information content (AvgIpc) is 3.11. The van der Waals surface area contributed by atoms with Gasteiger partial charge >= 0.3 is 0 Å². The van der Waals surface area contributed by atoms with E-state index in [1.807, 2.05) is 18.2 Å². The number of nitrogens with zero attached hydrogens (tertiary/aromatic N) is 3. The van der Waals surface area contributed by atoms with Crippen LogP contribution in [0, 0.1) is 0 Å². The predicted molar refractivity (Wildman–Crippen MR) is 101 cm³/mol. The number of nitrogens with one attached hydrogen (secondary N) is 1. The SMILES string of the molecule is COc1cccc2sc(NC(=O)c3cccnc3N3CCOCC3)nc12. The predicted octanol–water partition coefficient (Wildman–Crippen LogP) is 2.79. The quantitative estimate of drug-likeness (QED) is 0.761. The zero-order valence-corrected chi connectivity index (χ0v) is 15.1. The molecule has 0 saturated carbocycles. The number of carbonyl (C=O) groups is 1. The lowest BCUT2D eigenvalue weighted by atomic mass is 10.2. The Morgan fingerprint density at radius 2 is 2.12 bits per heavy atom. The molecule has 1 amide bonds. The highest BCUT2D eigenvalue weighted by molar-refractivity contribution is 7.22. The highest BCUT2D eigenvalue weighted by Gasteiger charge is 2.21. The maximum Gasteiger partial charge on any atom is 0.261 e. The molecule has 7 nitrogen and oxygen atoms in total. The minimum atomic E-state index is -0.224. The Balaban J connectivity index is 1.61. The van der Waals surface area contributed by atoms with E-state index in [1.165, 1.54) is 11.3 Å². The molecule has 1 aliphatic heterocycles. The van der Waals surface area contributed by atoms with Gasteiger partial charge < -0.3 is 14.4 Å². The number of aromatic nitrogens is 2. The summed E-state index contributed by atoms with van der Waals surface area (Å²) in [5.74, 6) is 1.14. The van der Waals surface area contributed by atoms with E-state index in [-0.39, 0.29) is 5.91 Å². The number of hydrogen-bond donors (Lipinski definition) is 1. The number of methoxy groups -OCH3 is 1. The van der Waals surface area contributed by atoms with Crippen LogP contribution in [-0.4, -0.2) is 49.3 Å². The molecular formula is C18H18N4O3S. The van der Waals surface area contributed by atoms with Crippen LogP contribution < -0.4 is 15.0 Å². The number of hydrogen-bond acceptors (Lipinski definition) is 7. The van der Waals surface area contributed by atoms with Crippen LogP contribution in [-0.2, 0) is 4.74 Å². The van der Waals surface area contributed by atoms with Crippen molar-refractivity contribution < 1.29 is 14.3 Å². The van der Waals surface area contributed by atoms with E-state index in [4.69, 9.17) is 9.47 Å². The van der Waals surface area contributed by atoms with Crippen LogP contribution in [0.2, 0.25) is 0 Å². The summed E-state index contributed by atoms with van der Waals surface area (Å²) in [5.41, 5.74) is 1.27. The van der Waals surface area contributed by atoms with Gasteiger partial charge in [-0.05, 0) is 24.3 Å². The van der Waals surface area contributed by atoms with Crippen molar-refractivity contribution in [2.24, 2.45) is 0 Å².